The molecule has 0 spiro atoms. The molecule has 142 valence electrons. The molecular weight excluding hydrogens is 329 g/mol. The van der Waals surface area contributed by atoms with Gasteiger partial charge < -0.3 is 5.11 Å². The Morgan fingerprint density at radius 1 is 1.24 bits per heavy atom. The minimum Gasteiger partial charge on any atom is -0.396 e. The SMILES string of the molecule is CC(C)CCN1CCN(Cc2cccc(C(F)(F)F)c2)C[C@@H]1CCO. The van der Waals surface area contributed by atoms with Crippen LogP contribution in [-0.4, -0.2) is 53.7 Å². The van der Waals surface area contributed by atoms with Crippen LogP contribution >= 0.6 is 0 Å². The topological polar surface area (TPSA) is 26.7 Å². The molecule has 25 heavy (non-hydrogen) atoms. The fraction of sp³-hybridized carbons (Fsp3) is 0.684. The van der Waals surface area contributed by atoms with E-state index in [-0.39, 0.29) is 12.6 Å². The molecule has 2 rings (SSSR count). The Labute approximate surface area is 148 Å². The van der Waals surface area contributed by atoms with Gasteiger partial charge in [0.05, 0.1) is 5.56 Å². The number of alkyl halides is 3. The standard InChI is InChI=1S/C19H29F3N2O/c1-15(2)6-8-24-10-9-23(14-18(24)7-11-25)13-16-4-3-5-17(12-16)19(20,21)22/h3-5,12,15,18,25H,6-11,13-14H2,1-2H3/t18-/m0/s1. The van der Waals surface area contributed by atoms with Crippen LogP contribution in [0.4, 0.5) is 13.2 Å². The van der Waals surface area contributed by atoms with Gasteiger partial charge >= 0.3 is 6.18 Å². The number of aliphatic hydroxyl groups excluding tert-OH is 1. The van der Waals surface area contributed by atoms with Gasteiger partial charge in [-0.1, -0.05) is 32.0 Å². The molecule has 1 atom stereocenters. The Bertz CT molecular complexity index is 534. The predicted octanol–water partition coefficient (Wildman–Crippen LogP) is 3.62. The Morgan fingerprint density at radius 3 is 2.64 bits per heavy atom. The van der Waals surface area contributed by atoms with Gasteiger partial charge in [0.15, 0.2) is 0 Å². The number of benzene rings is 1. The molecule has 0 aliphatic carbocycles. The zero-order valence-corrected chi connectivity index (χ0v) is 15.1. The fourth-order valence-corrected chi connectivity index (χ4v) is 3.35. The molecule has 1 aliphatic rings. The lowest BCUT2D eigenvalue weighted by Crippen LogP contribution is -2.53. The number of aliphatic hydroxyl groups is 1. The van der Waals surface area contributed by atoms with Gasteiger partial charge in [-0.2, -0.15) is 13.2 Å². The van der Waals surface area contributed by atoms with Crippen molar-refractivity contribution >= 4 is 0 Å². The summed E-state index contributed by atoms with van der Waals surface area (Å²) < 4.78 is 38.6. The van der Waals surface area contributed by atoms with Crippen LogP contribution in [0.25, 0.3) is 0 Å². The second-order valence-electron chi connectivity index (χ2n) is 7.32. The molecule has 0 radical (unpaired) electrons. The quantitative estimate of drug-likeness (QED) is 0.806. The minimum atomic E-state index is -4.30. The largest absolute Gasteiger partial charge is 0.416 e. The van der Waals surface area contributed by atoms with Crippen LogP contribution in [0.2, 0.25) is 0 Å². The van der Waals surface area contributed by atoms with Gasteiger partial charge in [0.25, 0.3) is 0 Å². The average molecular weight is 358 g/mol. The van der Waals surface area contributed by atoms with Crippen molar-refractivity contribution in [3.63, 3.8) is 0 Å². The summed E-state index contributed by atoms with van der Waals surface area (Å²) in [7, 11) is 0. The van der Waals surface area contributed by atoms with Crippen molar-refractivity contribution in [3.8, 4) is 0 Å². The first-order chi connectivity index (χ1) is 11.8. The van der Waals surface area contributed by atoms with Crippen molar-refractivity contribution < 1.29 is 18.3 Å². The van der Waals surface area contributed by atoms with Crippen LogP contribution in [-0.2, 0) is 12.7 Å². The molecule has 3 nitrogen and oxygen atoms in total. The van der Waals surface area contributed by atoms with E-state index in [1.54, 1.807) is 6.07 Å². The smallest absolute Gasteiger partial charge is 0.396 e. The second-order valence-corrected chi connectivity index (χ2v) is 7.32. The van der Waals surface area contributed by atoms with Gasteiger partial charge in [-0.3, -0.25) is 9.80 Å². The van der Waals surface area contributed by atoms with Gasteiger partial charge in [-0.25, -0.2) is 0 Å². The molecule has 1 fully saturated rings. The van der Waals surface area contributed by atoms with E-state index in [0.29, 0.717) is 24.4 Å². The maximum absolute atomic E-state index is 12.9. The second kappa shape index (κ2) is 9.01. The Kier molecular flexibility index (Phi) is 7.28. The third-order valence-electron chi connectivity index (χ3n) is 4.81. The van der Waals surface area contributed by atoms with Crippen molar-refractivity contribution in [2.45, 2.75) is 45.5 Å². The highest BCUT2D eigenvalue weighted by atomic mass is 19.4. The number of nitrogens with zero attached hydrogens (tertiary/aromatic N) is 2. The molecule has 1 aromatic rings. The molecular formula is C19H29F3N2O. The van der Waals surface area contributed by atoms with E-state index < -0.39 is 11.7 Å². The Morgan fingerprint density at radius 2 is 2.00 bits per heavy atom. The maximum atomic E-state index is 12.9. The molecule has 0 unspecified atom stereocenters. The normalized spacial score (nSPS) is 20.4. The first-order valence-electron chi connectivity index (χ1n) is 9.03. The summed E-state index contributed by atoms with van der Waals surface area (Å²) in [6.45, 7) is 8.60. The maximum Gasteiger partial charge on any atom is 0.416 e. The highest BCUT2D eigenvalue weighted by Crippen LogP contribution is 2.30. The molecule has 0 amide bonds. The van der Waals surface area contributed by atoms with Gasteiger partial charge in [0.1, 0.15) is 0 Å². The number of piperazine rings is 1. The summed E-state index contributed by atoms with van der Waals surface area (Å²) in [4.78, 5) is 4.61. The lowest BCUT2D eigenvalue weighted by atomic mass is 10.0. The summed E-state index contributed by atoms with van der Waals surface area (Å²) in [5, 5.41) is 9.35. The van der Waals surface area contributed by atoms with E-state index >= 15 is 0 Å². The first-order valence-corrected chi connectivity index (χ1v) is 9.03. The highest BCUT2D eigenvalue weighted by molar-refractivity contribution is 5.25. The van der Waals surface area contributed by atoms with Gasteiger partial charge in [0, 0.05) is 38.8 Å². The molecule has 0 saturated carbocycles. The van der Waals surface area contributed by atoms with Gasteiger partial charge in [0.2, 0.25) is 0 Å². The van der Waals surface area contributed by atoms with E-state index in [1.165, 1.54) is 12.1 Å². The van der Waals surface area contributed by atoms with Crippen LogP contribution < -0.4 is 0 Å². The van der Waals surface area contributed by atoms with E-state index in [4.69, 9.17) is 0 Å². The number of hydrogen-bond donors (Lipinski definition) is 1. The lowest BCUT2D eigenvalue weighted by molar-refractivity contribution is -0.137. The molecule has 6 heteroatoms. The monoisotopic (exact) mass is 358 g/mol. The Balaban J connectivity index is 1.98. The van der Waals surface area contributed by atoms with Crippen molar-refractivity contribution in [3.05, 3.63) is 35.4 Å². The molecule has 1 aromatic carbocycles. The van der Waals surface area contributed by atoms with Gasteiger partial charge in [-0.15, -0.1) is 0 Å². The third kappa shape index (κ3) is 6.28. The Hall–Kier alpha value is -1.11. The summed E-state index contributed by atoms with van der Waals surface area (Å²) in [5.74, 6) is 0.637. The number of halogens is 3. The molecule has 0 bridgehead atoms. The van der Waals surface area contributed by atoms with E-state index in [2.05, 4.69) is 23.6 Å². The first kappa shape index (κ1) is 20.2. The summed E-state index contributed by atoms with van der Waals surface area (Å²) in [6, 6.07) is 5.85. The molecule has 1 N–H and O–H groups in total. The van der Waals surface area contributed by atoms with E-state index in [1.807, 2.05) is 0 Å². The van der Waals surface area contributed by atoms with Crippen LogP contribution in [0.1, 0.15) is 37.8 Å². The molecule has 1 aliphatic heterocycles. The van der Waals surface area contributed by atoms with Gasteiger partial charge in [-0.05, 0) is 36.9 Å². The van der Waals surface area contributed by atoms with E-state index in [9.17, 15) is 18.3 Å². The third-order valence-corrected chi connectivity index (χ3v) is 4.81. The number of rotatable bonds is 7. The van der Waals surface area contributed by atoms with Crippen molar-refractivity contribution in [1.29, 1.82) is 0 Å². The minimum absolute atomic E-state index is 0.139. The summed E-state index contributed by atoms with van der Waals surface area (Å²) in [5.41, 5.74) is 0.0979. The van der Waals surface area contributed by atoms with E-state index in [0.717, 1.165) is 38.7 Å². The highest BCUT2D eigenvalue weighted by Gasteiger charge is 2.31. The van der Waals surface area contributed by atoms with Crippen LogP contribution in [0.15, 0.2) is 24.3 Å². The average Bonchev–Trinajstić information content (AvgIpc) is 2.54. The van der Waals surface area contributed by atoms with Crippen LogP contribution in [0, 0.1) is 5.92 Å². The number of hydrogen-bond acceptors (Lipinski definition) is 3. The molecule has 0 aromatic heterocycles. The molecule has 1 saturated heterocycles. The van der Waals surface area contributed by atoms with Crippen molar-refractivity contribution in [1.82, 2.24) is 9.80 Å². The van der Waals surface area contributed by atoms with Crippen LogP contribution in [0.3, 0.4) is 0 Å². The lowest BCUT2D eigenvalue weighted by Gasteiger charge is -2.41. The zero-order chi connectivity index (χ0) is 18.4. The summed E-state index contributed by atoms with van der Waals surface area (Å²) >= 11 is 0. The molecule has 1 heterocycles. The predicted molar refractivity (Wildman–Crippen MR) is 93.2 cm³/mol. The van der Waals surface area contributed by atoms with Crippen LogP contribution in [0.5, 0.6) is 0 Å². The van der Waals surface area contributed by atoms with Crippen molar-refractivity contribution in [2.75, 3.05) is 32.8 Å². The zero-order valence-electron chi connectivity index (χ0n) is 15.1. The van der Waals surface area contributed by atoms with Crippen molar-refractivity contribution in [2.24, 2.45) is 5.92 Å². The summed E-state index contributed by atoms with van der Waals surface area (Å²) in [6.07, 6.45) is -2.47. The fourth-order valence-electron chi connectivity index (χ4n) is 3.35.